The molecule has 2 aromatic rings. The highest BCUT2D eigenvalue weighted by atomic mass is 32.2. The number of rotatable bonds is 7. The summed E-state index contributed by atoms with van der Waals surface area (Å²) in [5, 5.41) is 11.6. The minimum absolute atomic E-state index is 0.145. The lowest BCUT2D eigenvalue weighted by molar-refractivity contribution is -0.885. The van der Waals surface area contributed by atoms with E-state index in [1.807, 2.05) is 31.3 Å². The molecule has 0 saturated heterocycles. The Hall–Kier alpha value is -2.36. The molecule has 1 amide bonds. The number of likely N-dealkylation sites (N-methyl/N-ethyl adjacent to an activating group) is 1. The second-order valence-corrected chi connectivity index (χ2v) is 6.41. The van der Waals surface area contributed by atoms with Gasteiger partial charge < -0.3 is 10.2 Å². The summed E-state index contributed by atoms with van der Waals surface area (Å²) in [6.45, 7) is 0.663. The molecule has 24 heavy (non-hydrogen) atoms. The molecule has 1 atom stereocenters. The Bertz CT molecular complexity index is 745. The Morgan fingerprint density at radius 2 is 1.96 bits per heavy atom. The van der Waals surface area contributed by atoms with E-state index < -0.39 is 0 Å². The standard InChI is InChI=1S/C18H18FN3OS/c1-22(12-14-6-2-3-7-15(14)19)13-18(23)21-16-8-4-5-9-17(16)24-11-10-20/h2-9H,11-13H2,1H3,(H,21,23)/p+1. The summed E-state index contributed by atoms with van der Waals surface area (Å²) in [4.78, 5) is 14.0. The molecule has 124 valence electrons. The number of halogens is 1. The Morgan fingerprint density at radius 3 is 2.71 bits per heavy atom. The van der Waals surface area contributed by atoms with E-state index in [9.17, 15) is 9.18 Å². The van der Waals surface area contributed by atoms with Crippen LogP contribution in [0.25, 0.3) is 0 Å². The van der Waals surface area contributed by atoms with Gasteiger partial charge in [-0.3, -0.25) is 4.79 Å². The van der Waals surface area contributed by atoms with Crippen LogP contribution in [0.15, 0.2) is 53.4 Å². The molecule has 2 aromatic carbocycles. The molecule has 0 fully saturated rings. The van der Waals surface area contributed by atoms with E-state index in [0.29, 0.717) is 23.5 Å². The zero-order chi connectivity index (χ0) is 17.4. The molecule has 0 aliphatic heterocycles. The number of nitriles is 1. The van der Waals surface area contributed by atoms with Gasteiger partial charge >= 0.3 is 0 Å². The fourth-order valence-electron chi connectivity index (χ4n) is 2.30. The lowest BCUT2D eigenvalue weighted by atomic mass is 10.2. The van der Waals surface area contributed by atoms with Crippen molar-refractivity contribution >= 4 is 23.4 Å². The number of hydrogen-bond donors (Lipinski definition) is 2. The third kappa shape index (κ3) is 5.37. The predicted octanol–water partition coefficient (Wildman–Crippen LogP) is 2.09. The third-order valence-corrected chi connectivity index (χ3v) is 4.31. The Morgan fingerprint density at radius 1 is 1.25 bits per heavy atom. The van der Waals surface area contributed by atoms with Crippen LogP contribution >= 0.6 is 11.8 Å². The van der Waals surface area contributed by atoms with E-state index in [2.05, 4.69) is 11.4 Å². The van der Waals surface area contributed by atoms with E-state index in [4.69, 9.17) is 5.26 Å². The number of anilines is 1. The van der Waals surface area contributed by atoms with Crippen molar-refractivity contribution in [2.24, 2.45) is 0 Å². The second kappa shape index (κ2) is 9.06. The van der Waals surface area contributed by atoms with E-state index in [-0.39, 0.29) is 18.3 Å². The maximum absolute atomic E-state index is 13.7. The number of amides is 1. The number of nitrogens with one attached hydrogen (secondary N) is 2. The highest BCUT2D eigenvalue weighted by molar-refractivity contribution is 7.99. The average molecular weight is 344 g/mol. The number of para-hydroxylation sites is 1. The van der Waals surface area contributed by atoms with Crippen LogP contribution in [0.5, 0.6) is 0 Å². The highest BCUT2D eigenvalue weighted by Crippen LogP contribution is 2.26. The molecular formula is C18H19FN3OS+. The van der Waals surface area contributed by atoms with E-state index in [1.54, 1.807) is 18.2 Å². The molecule has 0 aliphatic carbocycles. The first-order chi connectivity index (χ1) is 11.6. The van der Waals surface area contributed by atoms with Gasteiger partial charge in [-0.25, -0.2) is 4.39 Å². The van der Waals surface area contributed by atoms with E-state index in [1.165, 1.54) is 17.8 Å². The maximum Gasteiger partial charge on any atom is 0.279 e. The summed E-state index contributed by atoms with van der Waals surface area (Å²) in [6.07, 6.45) is 0. The van der Waals surface area contributed by atoms with Crippen LogP contribution < -0.4 is 10.2 Å². The lowest BCUT2D eigenvalue weighted by Gasteiger charge is -2.15. The average Bonchev–Trinajstić information content (AvgIpc) is 2.56. The fourth-order valence-corrected chi connectivity index (χ4v) is 2.97. The zero-order valence-electron chi connectivity index (χ0n) is 13.4. The molecule has 0 saturated carbocycles. The SMILES string of the molecule is C[NH+](CC(=O)Nc1ccccc1SCC#N)Cc1ccccc1F. The van der Waals surface area contributed by atoms with Crippen molar-refractivity contribution in [2.75, 3.05) is 24.7 Å². The van der Waals surface area contributed by atoms with Gasteiger partial charge in [0.05, 0.1) is 24.6 Å². The molecule has 1 unspecified atom stereocenters. The van der Waals surface area contributed by atoms with Crippen LogP contribution in [-0.2, 0) is 11.3 Å². The van der Waals surface area contributed by atoms with Crippen LogP contribution in [0, 0.1) is 17.1 Å². The first-order valence-corrected chi connectivity index (χ1v) is 8.52. The third-order valence-electron chi connectivity index (χ3n) is 3.37. The predicted molar refractivity (Wildman–Crippen MR) is 93.3 cm³/mol. The molecule has 0 aromatic heterocycles. The summed E-state index contributed by atoms with van der Waals surface area (Å²) in [7, 11) is 1.85. The smallest absolute Gasteiger partial charge is 0.279 e. The minimum atomic E-state index is -0.254. The van der Waals surface area contributed by atoms with E-state index in [0.717, 1.165) is 9.80 Å². The lowest BCUT2D eigenvalue weighted by Crippen LogP contribution is -3.08. The summed E-state index contributed by atoms with van der Waals surface area (Å²) in [5.74, 6) is -0.0740. The molecule has 6 heteroatoms. The number of benzene rings is 2. The van der Waals surface area contributed by atoms with Gasteiger partial charge in [0, 0.05) is 10.5 Å². The van der Waals surface area contributed by atoms with Gasteiger partial charge in [0.15, 0.2) is 6.54 Å². The number of thioether (sulfide) groups is 1. The van der Waals surface area contributed by atoms with Gasteiger partial charge in [-0.05, 0) is 18.2 Å². The van der Waals surface area contributed by atoms with Gasteiger partial charge in [-0.15, -0.1) is 11.8 Å². The molecule has 0 aliphatic rings. The van der Waals surface area contributed by atoms with Gasteiger partial charge in [-0.1, -0.05) is 30.3 Å². The van der Waals surface area contributed by atoms with Crippen LogP contribution in [0.2, 0.25) is 0 Å². The maximum atomic E-state index is 13.7. The number of quaternary nitrogens is 1. The largest absolute Gasteiger partial charge is 0.326 e. The summed E-state index contributed by atoms with van der Waals surface area (Å²) in [5.41, 5.74) is 1.29. The van der Waals surface area contributed by atoms with Crippen molar-refractivity contribution < 1.29 is 14.1 Å². The summed E-state index contributed by atoms with van der Waals surface area (Å²) in [6, 6.07) is 16.0. The molecule has 2 rings (SSSR count). The number of nitrogens with zero attached hydrogens (tertiary/aromatic N) is 1. The monoisotopic (exact) mass is 344 g/mol. The van der Waals surface area contributed by atoms with Gasteiger partial charge in [0.25, 0.3) is 5.91 Å². The Kier molecular flexibility index (Phi) is 6.79. The molecule has 0 spiro atoms. The summed E-state index contributed by atoms with van der Waals surface area (Å²) >= 11 is 1.38. The molecule has 0 heterocycles. The van der Waals surface area contributed by atoms with Crippen molar-refractivity contribution in [3.05, 3.63) is 59.9 Å². The van der Waals surface area contributed by atoms with Gasteiger partial charge in [0.1, 0.15) is 12.4 Å². The van der Waals surface area contributed by atoms with Crippen molar-refractivity contribution in [3.8, 4) is 6.07 Å². The number of hydrogen-bond acceptors (Lipinski definition) is 3. The van der Waals surface area contributed by atoms with Gasteiger partial charge in [-0.2, -0.15) is 5.26 Å². The molecule has 0 bridgehead atoms. The molecule has 4 nitrogen and oxygen atoms in total. The Labute approximate surface area is 145 Å². The fraction of sp³-hybridized carbons (Fsp3) is 0.222. The zero-order valence-corrected chi connectivity index (χ0v) is 14.2. The highest BCUT2D eigenvalue weighted by Gasteiger charge is 2.14. The Balaban J connectivity index is 1.94. The first-order valence-electron chi connectivity index (χ1n) is 7.53. The quantitative estimate of drug-likeness (QED) is 0.756. The van der Waals surface area contributed by atoms with Crippen molar-refractivity contribution in [1.29, 1.82) is 5.26 Å². The summed E-state index contributed by atoms with van der Waals surface area (Å²) < 4.78 is 13.7. The van der Waals surface area contributed by atoms with Crippen molar-refractivity contribution in [3.63, 3.8) is 0 Å². The number of carbonyl (C=O) groups excluding carboxylic acids is 1. The van der Waals surface area contributed by atoms with Crippen molar-refractivity contribution in [1.82, 2.24) is 0 Å². The van der Waals surface area contributed by atoms with Crippen LogP contribution in [0.1, 0.15) is 5.56 Å². The molecular weight excluding hydrogens is 325 g/mol. The van der Waals surface area contributed by atoms with Crippen LogP contribution in [0.4, 0.5) is 10.1 Å². The van der Waals surface area contributed by atoms with Crippen molar-refractivity contribution in [2.45, 2.75) is 11.4 Å². The number of carbonyl (C=O) groups is 1. The van der Waals surface area contributed by atoms with Crippen LogP contribution in [0.3, 0.4) is 0 Å². The van der Waals surface area contributed by atoms with E-state index >= 15 is 0 Å². The first kappa shape index (κ1) is 18.0. The normalized spacial score (nSPS) is 11.5. The van der Waals surface area contributed by atoms with Gasteiger partial charge in [0.2, 0.25) is 0 Å². The topological polar surface area (TPSA) is 57.3 Å². The van der Waals surface area contributed by atoms with Crippen LogP contribution in [-0.4, -0.2) is 25.3 Å². The minimum Gasteiger partial charge on any atom is -0.326 e. The second-order valence-electron chi connectivity index (χ2n) is 5.39. The molecule has 0 radical (unpaired) electrons. The molecule has 2 N–H and O–H groups in total.